The lowest BCUT2D eigenvalue weighted by Crippen LogP contribution is -2.36. The summed E-state index contributed by atoms with van der Waals surface area (Å²) < 4.78 is 0. The van der Waals surface area contributed by atoms with Gasteiger partial charge in [0.05, 0.1) is 6.04 Å². The minimum Gasteiger partial charge on any atom is -0.381 e. The Labute approximate surface area is 185 Å². The highest BCUT2D eigenvalue weighted by Gasteiger charge is 2.39. The van der Waals surface area contributed by atoms with Gasteiger partial charge in [0.1, 0.15) is 0 Å². The molecule has 1 amide bonds. The Hall–Kier alpha value is -1.94. The van der Waals surface area contributed by atoms with Gasteiger partial charge in [-0.25, -0.2) is 0 Å². The lowest BCUT2D eigenvalue weighted by atomic mass is 9.83. The van der Waals surface area contributed by atoms with Gasteiger partial charge in [-0.15, -0.1) is 0 Å². The van der Waals surface area contributed by atoms with Crippen LogP contribution in [0.4, 0.5) is 5.69 Å². The molecule has 0 radical (unpaired) electrons. The van der Waals surface area contributed by atoms with E-state index in [-0.39, 0.29) is 17.4 Å². The lowest BCUT2D eigenvalue weighted by molar-refractivity contribution is -0.136. The van der Waals surface area contributed by atoms with Gasteiger partial charge in [-0.1, -0.05) is 50.2 Å². The first-order valence-electron chi connectivity index (χ1n) is 11.2. The van der Waals surface area contributed by atoms with Gasteiger partial charge >= 0.3 is 0 Å². The monoisotopic (exact) mass is 422 g/mol. The molecule has 0 aromatic heterocycles. The van der Waals surface area contributed by atoms with Crippen molar-refractivity contribution < 1.29 is 4.79 Å². The zero-order chi connectivity index (χ0) is 21.3. The molecule has 0 spiro atoms. The van der Waals surface area contributed by atoms with Crippen molar-refractivity contribution in [3.63, 3.8) is 0 Å². The molecule has 1 saturated heterocycles. The van der Waals surface area contributed by atoms with Crippen molar-refractivity contribution >= 4 is 23.4 Å². The molecule has 160 valence electrons. The van der Waals surface area contributed by atoms with E-state index in [9.17, 15) is 4.79 Å². The van der Waals surface area contributed by atoms with Gasteiger partial charge in [-0.2, -0.15) is 11.8 Å². The highest BCUT2D eigenvalue weighted by molar-refractivity contribution is 7.99. The third kappa shape index (κ3) is 4.12. The summed E-state index contributed by atoms with van der Waals surface area (Å²) in [4.78, 5) is 14.8. The van der Waals surface area contributed by atoms with Crippen LogP contribution in [-0.4, -0.2) is 35.4 Å². The summed E-state index contributed by atoms with van der Waals surface area (Å²) in [7, 11) is 1.96. The summed E-state index contributed by atoms with van der Waals surface area (Å²) in [5.74, 6) is 2.72. The molecule has 2 aromatic carbocycles. The number of hydrogen-bond acceptors (Lipinski definition) is 3. The SMILES string of the molecule is C[C@H](c1ccc(NC2Cc3ccccc3C2(C)C)cc1)N(C)C(=O)C1CCSCC1. The fourth-order valence-corrected chi connectivity index (χ4v) is 6.03. The number of rotatable bonds is 5. The van der Waals surface area contributed by atoms with Crippen molar-refractivity contribution in [2.45, 2.75) is 57.5 Å². The van der Waals surface area contributed by atoms with Gasteiger partial charge in [0.2, 0.25) is 5.91 Å². The Morgan fingerprint density at radius 1 is 1.10 bits per heavy atom. The number of fused-ring (bicyclic) bond motifs is 1. The topological polar surface area (TPSA) is 32.3 Å². The Balaban J connectivity index is 1.41. The van der Waals surface area contributed by atoms with E-state index in [4.69, 9.17) is 0 Å². The predicted molar refractivity (Wildman–Crippen MR) is 128 cm³/mol. The summed E-state index contributed by atoms with van der Waals surface area (Å²) in [6.45, 7) is 6.79. The van der Waals surface area contributed by atoms with Gasteiger partial charge in [0.15, 0.2) is 0 Å². The molecule has 0 bridgehead atoms. The molecule has 4 rings (SSSR count). The second-order valence-electron chi connectivity index (χ2n) is 9.41. The molecule has 2 atom stereocenters. The molecule has 1 fully saturated rings. The van der Waals surface area contributed by atoms with Gasteiger partial charge < -0.3 is 10.2 Å². The van der Waals surface area contributed by atoms with Crippen LogP contribution < -0.4 is 5.32 Å². The van der Waals surface area contributed by atoms with E-state index < -0.39 is 0 Å². The van der Waals surface area contributed by atoms with Crippen LogP contribution >= 0.6 is 11.8 Å². The Kier molecular flexibility index (Phi) is 6.15. The molecule has 1 aliphatic heterocycles. The number of nitrogens with zero attached hydrogens (tertiary/aromatic N) is 1. The molecule has 0 saturated carbocycles. The van der Waals surface area contributed by atoms with Crippen LogP contribution in [0.5, 0.6) is 0 Å². The van der Waals surface area contributed by atoms with Gasteiger partial charge in [0, 0.05) is 30.1 Å². The molecule has 3 nitrogen and oxygen atoms in total. The van der Waals surface area contributed by atoms with Gasteiger partial charge in [-0.05, 0) is 66.5 Å². The number of carbonyl (C=O) groups excluding carboxylic acids is 1. The van der Waals surface area contributed by atoms with E-state index in [0.717, 1.165) is 36.5 Å². The molecule has 4 heteroatoms. The van der Waals surface area contributed by atoms with Crippen molar-refractivity contribution in [3.05, 3.63) is 65.2 Å². The molecule has 30 heavy (non-hydrogen) atoms. The average molecular weight is 423 g/mol. The number of benzene rings is 2. The van der Waals surface area contributed by atoms with Crippen LogP contribution in [0.3, 0.4) is 0 Å². The number of carbonyl (C=O) groups is 1. The minimum absolute atomic E-state index is 0.0910. The van der Waals surface area contributed by atoms with Crippen molar-refractivity contribution in [1.82, 2.24) is 4.90 Å². The van der Waals surface area contributed by atoms with E-state index in [1.165, 1.54) is 16.7 Å². The fourth-order valence-electron chi connectivity index (χ4n) is 4.93. The first-order chi connectivity index (χ1) is 14.4. The van der Waals surface area contributed by atoms with E-state index in [0.29, 0.717) is 11.9 Å². The predicted octanol–water partition coefficient (Wildman–Crippen LogP) is 5.66. The first-order valence-corrected chi connectivity index (χ1v) is 12.3. The Morgan fingerprint density at radius 3 is 2.43 bits per heavy atom. The second-order valence-corrected chi connectivity index (χ2v) is 10.6. The van der Waals surface area contributed by atoms with Crippen LogP contribution in [0.2, 0.25) is 0 Å². The maximum atomic E-state index is 12.9. The molecule has 2 aliphatic rings. The molecule has 1 unspecified atom stereocenters. The molecule has 1 heterocycles. The Morgan fingerprint density at radius 2 is 1.77 bits per heavy atom. The zero-order valence-corrected chi connectivity index (χ0v) is 19.5. The fraction of sp³-hybridized carbons (Fsp3) is 0.500. The van der Waals surface area contributed by atoms with Crippen LogP contribution in [0.1, 0.15) is 56.3 Å². The lowest BCUT2D eigenvalue weighted by Gasteiger charge is -2.31. The third-order valence-corrected chi connectivity index (χ3v) is 8.29. The molecular weight excluding hydrogens is 388 g/mol. The normalized spacial score (nSPS) is 21.7. The average Bonchev–Trinajstić information content (AvgIpc) is 3.03. The van der Waals surface area contributed by atoms with E-state index in [1.807, 2.05) is 23.7 Å². The van der Waals surface area contributed by atoms with Crippen LogP contribution in [0.15, 0.2) is 48.5 Å². The van der Waals surface area contributed by atoms with Gasteiger partial charge in [-0.3, -0.25) is 4.79 Å². The summed E-state index contributed by atoms with van der Waals surface area (Å²) >= 11 is 1.97. The maximum absolute atomic E-state index is 12.9. The number of anilines is 1. The number of hydrogen-bond donors (Lipinski definition) is 1. The second kappa shape index (κ2) is 8.66. The van der Waals surface area contributed by atoms with E-state index in [1.54, 1.807) is 0 Å². The largest absolute Gasteiger partial charge is 0.381 e. The summed E-state index contributed by atoms with van der Waals surface area (Å²) in [6.07, 6.45) is 3.09. The van der Waals surface area contributed by atoms with Crippen LogP contribution in [-0.2, 0) is 16.6 Å². The molecule has 1 aliphatic carbocycles. The molecule has 2 aromatic rings. The summed E-state index contributed by atoms with van der Waals surface area (Å²) in [5.41, 5.74) is 5.35. The Bertz CT molecular complexity index is 886. The van der Waals surface area contributed by atoms with Crippen molar-refractivity contribution in [1.29, 1.82) is 0 Å². The van der Waals surface area contributed by atoms with Crippen molar-refractivity contribution in [2.24, 2.45) is 5.92 Å². The first kappa shape index (κ1) is 21.3. The zero-order valence-electron chi connectivity index (χ0n) is 18.7. The summed E-state index contributed by atoms with van der Waals surface area (Å²) in [5, 5.41) is 3.77. The number of thioether (sulfide) groups is 1. The van der Waals surface area contributed by atoms with E-state index >= 15 is 0 Å². The smallest absolute Gasteiger partial charge is 0.225 e. The minimum atomic E-state index is 0.0910. The number of amides is 1. The van der Waals surface area contributed by atoms with Gasteiger partial charge in [0.25, 0.3) is 0 Å². The standard InChI is InChI=1S/C26H34N2OS/c1-18(28(4)25(29)20-13-15-30-16-14-20)19-9-11-22(12-10-19)27-24-17-21-7-5-6-8-23(21)26(24,2)3/h5-12,18,20,24,27H,13-17H2,1-4H3/t18-,24?/m1/s1. The number of nitrogens with one attached hydrogen (secondary N) is 1. The van der Waals surface area contributed by atoms with E-state index in [2.05, 4.69) is 74.6 Å². The van der Waals surface area contributed by atoms with Crippen molar-refractivity contribution in [3.8, 4) is 0 Å². The summed E-state index contributed by atoms with van der Waals surface area (Å²) in [6, 6.07) is 17.9. The molecular formula is C26H34N2OS. The highest BCUT2D eigenvalue weighted by Crippen LogP contribution is 2.40. The highest BCUT2D eigenvalue weighted by atomic mass is 32.2. The maximum Gasteiger partial charge on any atom is 0.225 e. The van der Waals surface area contributed by atoms with Crippen molar-refractivity contribution in [2.75, 3.05) is 23.9 Å². The molecule has 1 N–H and O–H groups in total. The van der Waals surface area contributed by atoms with Crippen LogP contribution in [0.25, 0.3) is 0 Å². The third-order valence-electron chi connectivity index (χ3n) is 7.24. The quantitative estimate of drug-likeness (QED) is 0.674. The van der Waals surface area contributed by atoms with Crippen LogP contribution in [0, 0.1) is 5.92 Å².